The Morgan fingerprint density at radius 1 is 1.13 bits per heavy atom. The van der Waals surface area contributed by atoms with E-state index in [2.05, 4.69) is 29.5 Å². The summed E-state index contributed by atoms with van der Waals surface area (Å²) in [6.45, 7) is 4.93. The number of aromatic nitrogens is 1. The molecule has 2 rings (SSSR count). The maximum atomic E-state index is 12.0. The van der Waals surface area contributed by atoms with E-state index in [-0.39, 0.29) is 11.9 Å². The third-order valence-electron chi connectivity index (χ3n) is 3.81. The zero-order chi connectivity index (χ0) is 16.5. The number of anilines is 1. The average Bonchev–Trinajstić information content (AvgIpc) is 2.58. The molecular weight excluding hydrogens is 286 g/mol. The Morgan fingerprint density at radius 3 is 2.57 bits per heavy atom. The van der Waals surface area contributed by atoms with Gasteiger partial charge in [-0.15, -0.1) is 0 Å². The fourth-order valence-corrected chi connectivity index (χ4v) is 2.32. The lowest BCUT2D eigenvalue weighted by atomic mass is 10.0. The molecule has 0 saturated heterocycles. The van der Waals surface area contributed by atoms with Crippen LogP contribution in [0, 0.1) is 5.92 Å². The Morgan fingerprint density at radius 2 is 1.91 bits per heavy atom. The minimum absolute atomic E-state index is 0.0781. The third kappa shape index (κ3) is 6.10. The molecule has 1 amide bonds. The molecule has 0 radical (unpaired) electrons. The Labute approximate surface area is 138 Å². The first-order valence-corrected chi connectivity index (χ1v) is 8.12. The van der Waals surface area contributed by atoms with Crippen LogP contribution in [0.3, 0.4) is 0 Å². The number of carbonyl (C=O) groups excluding carboxylic acids is 1. The second-order valence-electron chi connectivity index (χ2n) is 6.03. The maximum Gasteiger partial charge on any atom is 0.220 e. The number of hydrogen-bond donors (Lipinski definition) is 2. The molecule has 0 aliphatic rings. The number of rotatable bonds is 8. The lowest BCUT2D eigenvalue weighted by molar-refractivity contribution is -0.121. The molecule has 1 aromatic carbocycles. The van der Waals surface area contributed by atoms with E-state index < -0.39 is 0 Å². The molecule has 2 aromatic rings. The molecule has 0 spiro atoms. The summed E-state index contributed by atoms with van der Waals surface area (Å²) >= 11 is 0. The van der Waals surface area contributed by atoms with Crippen molar-refractivity contribution < 1.29 is 4.79 Å². The van der Waals surface area contributed by atoms with Gasteiger partial charge in [0.15, 0.2) is 0 Å². The zero-order valence-corrected chi connectivity index (χ0v) is 13.8. The van der Waals surface area contributed by atoms with Gasteiger partial charge in [-0.1, -0.05) is 38.1 Å². The van der Waals surface area contributed by atoms with Crippen LogP contribution >= 0.6 is 0 Å². The Kier molecular flexibility index (Phi) is 6.60. The standard InChI is InChI=1S/C19H25N3O/c1-15(2)18(22-17-8-4-3-5-9-17)14-21-19(23)11-10-16-7-6-12-20-13-16/h3-9,12-13,15,18,22H,10-11,14H2,1-2H3,(H,21,23). The van der Waals surface area contributed by atoms with Crippen molar-refractivity contribution in [2.24, 2.45) is 5.92 Å². The summed E-state index contributed by atoms with van der Waals surface area (Å²) < 4.78 is 0. The minimum atomic E-state index is 0.0781. The smallest absolute Gasteiger partial charge is 0.220 e. The van der Waals surface area contributed by atoms with Crippen LogP contribution in [0.25, 0.3) is 0 Å². The van der Waals surface area contributed by atoms with Crippen molar-refractivity contribution in [3.63, 3.8) is 0 Å². The van der Waals surface area contributed by atoms with Gasteiger partial charge in [0, 0.05) is 37.1 Å². The number of para-hydroxylation sites is 1. The zero-order valence-electron chi connectivity index (χ0n) is 13.8. The van der Waals surface area contributed by atoms with Crippen LogP contribution in [-0.2, 0) is 11.2 Å². The van der Waals surface area contributed by atoms with Crippen molar-refractivity contribution in [3.05, 3.63) is 60.4 Å². The molecule has 4 heteroatoms. The maximum absolute atomic E-state index is 12.0. The molecule has 0 bridgehead atoms. The number of nitrogens with one attached hydrogen (secondary N) is 2. The quantitative estimate of drug-likeness (QED) is 0.787. The Bertz CT molecular complexity index is 584. The van der Waals surface area contributed by atoms with Crippen molar-refractivity contribution in [2.45, 2.75) is 32.7 Å². The highest BCUT2D eigenvalue weighted by molar-refractivity contribution is 5.76. The van der Waals surface area contributed by atoms with Crippen LogP contribution in [-0.4, -0.2) is 23.5 Å². The molecule has 1 heterocycles. The highest BCUT2D eigenvalue weighted by atomic mass is 16.1. The van der Waals surface area contributed by atoms with E-state index in [9.17, 15) is 4.79 Å². The minimum Gasteiger partial charge on any atom is -0.380 e. The first-order valence-electron chi connectivity index (χ1n) is 8.12. The van der Waals surface area contributed by atoms with E-state index in [1.807, 2.05) is 42.5 Å². The van der Waals surface area contributed by atoms with Gasteiger partial charge in [-0.25, -0.2) is 0 Å². The third-order valence-corrected chi connectivity index (χ3v) is 3.81. The number of aryl methyl sites for hydroxylation is 1. The van der Waals surface area contributed by atoms with E-state index in [4.69, 9.17) is 0 Å². The van der Waals surface area contributed by atoms with Gasteiger partial charge in [0.1, 0.15) is 0 Å². The van der Waals surface area contributed by atoms with Crippen molar-refractivity contribution in [3.8, 4) is 0 Å². The van der Waals surface area contributed by atoms with Gasteiger partial charge in [0.2, 0.25) is 5.91 Å². The topological polar surface area (TPSA) is 54.0 Å². The number of pyridine rings is 1. The summed E-state index contributed by atoms with van der Waals surface area (Å²) in [5, 5.41) is 6.52. The molecule has 1 atom stereocenters. The second kappa shape index (κ2) is 8.93. The normalized spacial score (nSPS) is 12.0. The predicted molar refractivity (Wildman–Crippen MR) is 94.3 cm³/mol. The van der Waals surface area contributed by atoms with Crippen LogP contribution in [0.15, 0.2) is 54.9 Å². The summed E-state index contributed by atoms with van der Waals surface area (Å²) in [4.78, 5) is 16.1. The van der Waals surface area contributed by atoms with Crippen molar-refractivity contribution in [2.75, 3.05) is 11.9 Å². The van der Waals surface area contributed by atoms with Gasteiger partial charge in [0.05, 0.1) is 0 Å². The van der Waals surface area contributed by atoms with E-state index in [1.165, 1.54) is 0 Å². The Balaban J connectivity index is 1.78. The highest BCUT2D eigenvalue weighted by Gasteiger charge is 2.14. The first kappa shape index (κ1) is 17.0. The molecule has 0 saturated carbocycles. The van der Waals surface area contributed by atoms with Gasteiger partial charge in [-0.2, -0.15) is 0 Å². The molecule has 2 N–H and O–H groups in total. The average molecular weight is 311 g/mol. The molecule has 0 fully saturated rings. The second-order valence-corrected chi connectivity index (χ2v) is 6.03. The fourth-order valence-electron chi connectivity index (χ4n) is 2.32. The van der Waals surface area contributed by atoms with Gasteiger partial charge >= 0.3 is 0 Å². The van der Waals surface area contributed by atoms with Crippen molar-refractivity contribution in [1.29, 1.82) is 0 Å². The van der Waals surface area contributed by atoms with Gasteiger partial charge in [-0.05, 0) is 36.1 Å². The molecule has 0 aliphatic carbocycles. The molecule has 1 aromatic heterocycles. The summed E-state index contributed by atoms with van der Waals surface area (Å²) in [6.07, 6.45) is 4.76. The van der Waals surface area contributed by atoms with Crippen molar-refractivity contribution in [1.82, 2.24) is 10.3 Å². The summed E-state index contributed by atoms with van der Waals surface area (Å²) in [5.41, 5.74) is 2.17. The fraction of sp³-hybridized carbons (Fsp3) is 0.368. The van der Waals surface area contributed by atoms with Crippen LogP contribution in [0.1, 0.15) is 25.8 Å². The van der Waals surface area contributed by atoms with E-state index in [1.54, 1.807) is 12.4 Å². The Hall–Kier alpha value is -2.36. The monoisotopic (exact) mass is 311 g/mol. The molecule has 1 unspecified atom stereocenters. The predicted octanol–water partition coefficient (Wildman–Crippen LogP) is 3.27. The molecular formula is C19H25N3O. The van der Waals surface area contributed by atoms with E-state index in [0.717, 1.165) is 17.7 Å². The van der Waals surface area contributed by atoms with Crippen LogP contribution < -0.4 is 10.6 Å². The number of carbonyl (C=O) groups is 1. The number of amides is 1. The lowest BCUT2D eigenvalue weighted by Crippen LogP contribution is -2.39. The molecule has 0 aliphatic heterocycles. The van der Waals surface area contributed by atoms with Crippen LogP contribution in [0.2, 0.25) is 0 Å². The highest BCUT2D eigenvalue weighted by Crippen LogP contribution is 2.12. The molecule has 4 nitrogen and oxygen atoms in total. The summed E-state index contributed by atoms with van der Waals surface area (Å²) in [7, 11) is 0. The first-order chi connectivity index (χ1) is 11.1. The number of benzene rings is 1. The summed E-state index contributed by atoms with van der Waals surface area (Å²) in [5.74, 6) is 0.503. The van der Waals surface area contributed by atoms with Gasteiger partial charge < -0.3 is 10.6 Å². The lowest BCUT2D eigenvalue weighted by Gasteiger charge is -2.24. The summed E-state index contributed by atoms with van der Waals surface area (Å²) in [6, 6.07) is 14.2. The number of nitrogens with zero attached hydrogens (tertiary/aromatic N) is 1. The van der Waals surface area contributed by atoms with Crippen LogP contribution in [0.4, 0.5) is 5.69 Å². The van der Waals surface area contributed by atoms with E-state index in [0.29, 0.717) is 18.9 Å². The SMILES string of the molecule is CC(C)C(CNC(=O)CCc1cccnc1)Nc1ccccc1. The molecule has 23 heavy (non-hydrogen) atoms. The van der Waals surface area contributed by atoms with Gasteiger partial charge in [-0.3, -0.25) is 9.78 Å². The van der Waals surface area contributed by atoms with Crippen LogP contribution in [0.5, 0.6) is 0 Å². The van der Waals surface area contributed by atoms with E-state index >= 15 is 0 Å². The van der Waals surface area contributed by atoms with Gasteiger partial charge in [0.25, 0.3) is 0 Å². The molecule has 122 valence electrons. The van der Waals surface area contributed by atoms with Crippen molar-refractivity contribution >= 4 is 11.6 Å². The number of hydrogen-bond acceptors (Lipinski definition) is 3. The largest absolute Gasteiger partial charge is 0.380 e.